The molecule has 5 nitrogen and oxygen atoms in total. The second kappa shape index (κ2) is 10.6. The van der Waals surface area contributed by atoms with Crippen LogP contribution >= 0.6 is 0 Å². The van der Waals surface area contributed by atoms with E-state index in [-0.39, 0.29) is 24.5 Å². The van der Waals surface area contributed by atoms with Crippen molar-refractivity contribution in [1.82, 2.24) is 5.32 Å². The topological polar surface area (TPSA) is 67.4 Å². The summed E-state index contributed by atoms with van der Waals surface area (Å²) < 4.78 is 5.62. The lowest BCUT2D eigenvalue weighted by Crippen LogP contribution is -2.36. The fraction of sp³-hybridized carbons (Fsp3) is 0.259. The number of ether oxygens (including phenoxy) is 1. The molecule has 2 amide bonds. The molecule has 0 spiro atoms. The predicted octanol–water partition coefficient (Wildman–Crippen LogP) is 5.43. The number of hydrogen-bond acceptors (Lipinski definition) is 3. The summed E-state index contributed by atoms with van der Waals surface area (Å²) in [7, 11) is 0. The van der Waals surface area contributed by atoms with Crippen LogP contribution in [0.4, 0.5) is 5.69 Å². The average molecular weight is 429 g/mol. The number of anilines is 1. The minimum Gasteiger partial charge on any atom is -0.484 e. The fourth-order valence-electron chi connectivity index (χ4n) is 3.97. The fourth-order valence-corrected chi connectivity index (χ4v) is 3.97. The van der Waals surface area contributed by atoms with Gasteiger partial charge in [0.25, 0.3) is 11.8 Å². The molecule has 0 bridgehead atoms. The first-order chi connectivity index (χ1) is 15.7. The average Bonchev–Trinajstić information content (AvgIpc) is 2.84. The maximum Gasteiger partial charge on any atom is 0.262 e. The number of benzene rings is 3. The van der Waals surface area contributed by atoms with Crippen LogP contribution in [-0.2, 0) is 4.79 Å². The highest BCUT2D eigenvalue weighted by Gasteiger charge is 2.17. The number of carbonyl (C=O) groups excluding carboxylic acids is 2. The van der Waals surface area contributed by atoms with Crippen molar-refractivity contribution in [1.29, 1.82) is 0 Å². The van der Waals surface area contributed by atoms with Crippen LogP contribution < -0.4 is 15.4 Å². The molecule has 5 heteroatoms. The van der Waals surface area contributed by atoms with E-state index in [2.05, 4.69) is 10.6 Å². The normalized spacial score (nSPS) is 13.9. The smallest absolute Gasteiger partial charge is 0.262 e. The molecule has 1 saturated carbocycles. The third-order valence-electron chi connectivity index (χ3n) is 5.68. The molecule has 0 atom stereocenters. The van der Waals surface area contributed by atoms with Gasteiger partial charge in [0, 0.05) is 17.3 Å². The van der Waals surface area contributed by atoms with E-state index >= 15 is 0 Å². The molecular formula is C27H28N2O3. The highest BCUT2D eigenvalue weighted by molar-refractivity contribution is 5.97. The number of hydrogen-bond donors (Lipinski definition) is 2. The Morgan fingerprint density at radius 3 is 2.28 bits per heavy atom. The quantitative estimate of drug-likeness (QED) is 0.527. The molecule has 1 fully saturated rings. The maximum absolute atomic E-state index is 12.5. The standard InChI is InChI=1S/C27H28N2O3/c30-26(19-32-25-16-14-21(15-17-25)20-8-3-1-4-9-20)28-24-13-7-10-22(18-24)27(31)29-23-11-5-2-6-12-23/h1,3-4,7-10,13-18,23H,2,5-6,11-12,19H2,(H,28,30)(H,29,31). The second-order valence-corrected chi connectivity index (χ2v) is 8.12. The Labute approximate surface area is 188 Å². The SMILES string of the molecule is O=C(COc1ccc(-c2ccccc2)cc1)Nc1cccc(C(=O)NC2CCCCC2)c1. The maximum atomic E-state index is 12.5. The lowest BCUT2D eigenvalue weighted by molar-refractivity contribution is -0.118. The Morgan fingerprint density at radius 1 is 0.812 bits per heavy atom. The van der Waals surface area contributed by atoms with E-state index in [1.54, 1.807) is 24.3 Å². The molecule has 1 aliphatic carbocycles. The minimum atomic E-state index is -0.276. The number of rotatable bonds is 7. The molecular weight excluding hydrogens is 400 g/mol. The van der Waals surface area contributed by atoms with Crippen LogP contribution in [0.3, 0.4) is 0 Å². The zero-order valence-corrected chi connectivity index (χ0v) is 18.1. The summed E-state index contributed by atoms with van der Waals surface area (Å²) in [4.78, 5) is 24.9. The van der Waals surface area contributed by atoms with Gasteiger partial charge in [0.2, 0.25) is 0 Å². The molecule has 4 rings (SSSR count). The first-order valence-electron chi connectivity index (χ1n) is 11.2. The lowest BCUT2D eigenvalue weighted by Gasteiger charge is -2.22. The van der Waals surface area contributed by atoms with Gasteiger partial charge in [0.15, 0.2) is 6.61 Å². The van der Waals surface area contributed by atoms with Gasteiger partial charge in [0.05, 0.1) is 0 Å². The molecule has 0 heterocycles. The van der Waals surface area contributed by atoms with E-state index in [0.717, 1.165) is 36.8 Å². The van der Waals surface area contributed by atoms with Gasteiger partial charge in [-0.05, 0) is 54.3 Å². The molecule has 0 radical (unpaired) electrons. The van der Waals surface area contributed by atoms with Crippen LogP contribution in [0.5, 0.6) is 5.75 Å². The van der Waals surface area contributed by atoms with Crippen molar-refractivity contribution in [3.63, 3.8) is 0 Å². The summed E-state index contributed by atoms with van der Waals surface area (Å²) in [6.07, 6.45) is 5.64. The molecule has 0 unspecified atom stereocenters. The molecule has 1 aliphatic rings. The Hall–Kier alpha value is -3.60. The molecule has 3 aromatic rings. The molecule has 0 saturated heterocycles. The minimum absolute atomic E-state index is 0.0947. The van der Waals surface area contributed by atoms with Crippen molar-refractivity contribution < 1.29 is 14.3 Å². The Morgan fingerprint density at radius 2 is 1.53 bits per heavy atom. The highest BCUT2D eigenvalue weighted by Crippen LogP contribution is 2.22. The summed E-state index contributed by atoms with van der Waals surface area (Å²) in [5.41, 5.74) is 3.34. The largest absolute Gasteiger partial charge is 0.484 e. The number of carbonyl (C=O) groups is 2. The lowest BCUT2D eigenvalue weighted by atomic mass is 9.95. The van der Waals surface area contributed by atoms with E-state index < -0.39 is 0 Å². The van der Waals surface area contributed by atoms with Gasteiger partial charge in [-0.15, -0.1) is 0 Å². The van der Waals surface area contributed by atoms with E-state index in [1.807, 2.05) is 54.6 Å². The number of amides is 2. The first-order valence-corrected chi connectivity index (χ1v) is 11.2. The van der Waals surface area contributed by atoms with E-state index in [1.165, 1.54) is 6.42 Å². The molecule has 164 valence electrons. The number of nitrogens with one attached hydrogen (secondary N) is 2. The van der Waals surface area contributed by atoms with Gasteiger partial charge in [-0.1, -0.05) is 67.8 Å². The second-order valence-electron chi connectivity index (χ2n) is 8.12. The summed E-state index contributed by atoms with van der Waals surface area (Å²) in [6.45, 7) is -0.108. The van der Waals surface area contributed by atoms with E-state index in [4.69, 9.17) is 4.74 Å². The third kappa shape index (κ3) is 5.97. The van der Waals surface area contributed by atoms with Crippen molar-refractivity contribution >= 4 is 17.5 Å². The van der Waals surface area contributed by atoms with Crippen molar-refractivity contribution in [2.45, 2.75) is 38.1 Å². The Bertz CT molecular complexity index is 1040. The summed E-state index contributed by atoms with van der Waals surface area (Å²) in [6, 6.07) is 25.0. The third-order valence-corrected chi connectivity index (χ3v) is 5.68. The Balaban J connectivity index is 1.28. The van der Waals surface area contributed by atoms with E-state index in [9.17, 15) is 9.59 Å². The van der Waals surface area contributed by atoms with E-state index in [0.29, 0.717) is 17.0 Å². The Kier molecular flexibility index (Phi) is 7.18. The summed E-state index contributed by atoms with van der Waals surface area (Å²) in [5, 5.41) is 5.91. The van der Waals surface area contributed by atoms with Gasteiger partial charge in [-0.3, -0.25) is 9.59 Å². The monoisotopic (exact) mass is 428 g/mol. The molecule has 32 heavy (non-hydrogen) atoms. The van der Waals surface area contributed by atoms with Crippen molar-refractivity contribution in [3.8, 4) is 16.9 Å². The van der Waals surface area contributed by atoms with Gasteiger partial charge >= 0.3 is 0 Å². The molecule has 0 aromatic heterocycles. The predicted molar refractivity (Wildman–Crippen MR) is 127 cm³/mol. The van der Waals surface area contributed by atoms with Crippen LogP contribution in [0.1, 0.15) is 42.5 Å². The van der Waals surface area contributed by atoms with Crippen molar-refractivity contribution in [2.75, 3.05) is 11.9 Å². The van der Waals surface area contributed by atoms with Crippen molar-refractivity contribution in [3.05, 3.63) is 84.4 Å². The summed E-state index contributed by atoms with van der Waals surface area (Å²) in [5.74, 6) is 0.255. The molecule has 2 N–H and O–H groups in total. The van der Waals surface area contributed by atoms with Gasteiger partial charge in [-0.25, -0.2) is 0 Å². The van der Waals surface area contributed by atoms with Gasteiger partial charge in [0.1, 0.15) is 5.75 Å². The van der Waals surface area contributed by atoms with Crippen LogP contribution in [0, 0.1) is 0 Å². The van der Waals surface area contributed by atoms with Crippen LogP contribution in [0.15, 0.2) is 78.9 Å². The molecule has 3 aromatic carbocycles. The van der Waals surface area contributed by atoms with Gasteiger partial charge in [-0.2, -0.15) is 0 Å². The zero-order valence-electron chi connectivity index (χ0n) is 18.1. The van der Waals surface area contributed by atoms with Crippen LogP contribution in [0.2, 0.25) is 0 Å². The highest BCUT2D eigenvalue weighted by atomic mass is 16.5. The zero-order chi connectivity index (χ0) is 22.2. The summed E-state index contributed by atoms with van der Waals surface area (Å²) >= 11 is 0. The van der Waals surface area contributed by atoms with Crippen LogP contribution in [0.25, 0.3) is 11.1 Å². The first kappa shape index (κ1) is 21.6. The van der Waals surface area contributed by atoms with Gasteiger partial charge < -0.3 is 15.4 Å². The van der Waals surface area contributed by atoms with Crippen molar-refractivity contribution in [2.24, 2.45) is 0 Å². The van der Waals surface area contributed by atoms with Crippen LogP contribution in [-0.4, -0.2) is 24.5 Å². The molecule has 0 aliphatic heterocycles.